The Kier molecular flexibility index (Phi) is 4.17. The van der Waals surface area contributed by atoms with Gasteiger partial charge < -0.3 is 9.47 Å². The number of esters is 1. The van der Waals surface area contributed by atoms with Gasteiger partial charge in [-0.05, 0) is 41.1 Å². The summed E-state index contributed by atoms with van der Waals surface area (Å²) in [5.74, 6) is -1.13. The number of carbonyl (C=O) groups is 1. The number of alkyl halides is 3. The monoisotopic (exact) mass is 361 g/mol. The predicted molar refractivity (Wildman–Crippen MR) is 59.7 cm³/mol. The van der Waals surface area contributed by atoms with Crippen LogP contribution in [0.5, 0.6) is 5.75 Å². The van der Waals surface area contributed by atoms with Crippen molar-refractivity contribution in [2.75, 3.05) is 7.11 Å². The molecule has 0 saturated carbocycles. The minimum absolute atomic E-state index is 0.0553. The zero-order chi connectivity index (χ0) is 13.2. The normalized spacial score (nSPS) is 11.2. The molecule has 0 fully saturated rings. The fourth-order valence-corrected chi connectivity index (χ4v) is 1.86. The Labute approximate surface area is 108 Å². The lowest BCUT2D eigenvalue weighted by Crippen LogP contribution is -2.19. The minimum atomic E-state index is -4.79. The number of halogens is 4. The molecule has 0 bridgehead atoms. The van der Waals surface area contributed by atoms with Gasteiger partial charge in [-0.1, -0.05) is 0 Å². The van der Waals surface area contributed by atoms with Gasteiger partial charge in [0.25, 0.3) is 0 Å². The van der Waals surface area contributed by atoms with Gasteiger partial charge in [0.05, 0.1) is 7.11 Å². The third-order valence-corrected chi connectivity index (χ3v) is 2.46. The first-order chi connectivity index (χ1) is 7.74. The summed E-state index contributed by atoms with van der Waals surface area (Å²) < 4.78 is 44.4. The van der Waals surface area contributed by atoms with Crippen molar-refractivity contribution in [2.45, 2.75) is 13.3 Å². The Morgan fingerprint density at radius 2 is 2.06 bits per heavy atom. The van der Waals surface area contributed by atoms with Gasteiger partial charge in [0.15, 0.2) is 5.75 Å². The number of pyridine rings is 1. The van der Waals surface area contributed by atoms with Crippen molar-refractivity contribution in [1.82, 2.24) is 4.98 Å². The van der Waals surface area contributed by atoms with Crippen LogP contribution in [0.1, 0.15) is 16.1 Å². The Morgan fingerprint density at radius 3 is 2.47 bits per heavy atom. The van der Waals surface area contributed by atoms with Crippen molar-refractivity contribution in [3.05, 3.63) is 21.0 Å². The molecule has 94 valence electrons. The van der Waals surface area contributed by atoms with E-state index in [9.17, 15) is 18.0 Å². The number of carbonyl (C=O) groups excluding carboxylic acids is 1. The smallest absolute Gasteiger partial charge is 0.464 e. The molecule has 0 aromatic carbocycles. The molecular formula is C9H7F3INO3. The fraction of sp³-hybridized carbons (Fsp3) is 0.333. The molecule has 1 aromatic heterocycles. The molecule has 0 unspecified atom stereocenters. The molecular weight excluding hydrogens is 354 g/mol. The number of aromatic nitrogens is 1. The van der Waals surface area contributed by atoms with E-state index in [1.165, 1.54) is 13.0 Å². The molecule has 17 heavy (non-hydrogen) atoms. The molecule has 0 N–H and O–H groups in total. The first-order valence-electron chi connectivity index (χ1n) is 4.26. The van der Waals surface area contributed by atoms with Crippen LogP contribution in [-0.2, 0) is 4.74 Å². The first kappa shape index (κ1) is 14.0. The van der Waals surface area contributed by atoms with E-state index in [0.717, 1.165) is 7.11 Å². The third-order valence-electron chi connectivity index (χ3n) is 1.73. The zero-order valence-corrected chi connectivity index (χ0v) is 10.9. The second-order valence-electron chi connectivity index (χ2n) is 2.98. The van der Waals surface area contributed by atoms with Crippen LogP contribution in [0.3, 0.4) is 0 Å². The van der Waals surface area contributed by atoms with E-state index in [0.29, 0.717) is 0 Å². The van der Waals surface area contributed by atoms with E-state index in [2.05, 4.69) is 14.5 Å². The SMILES string of the molecule is COC(=O)c1cc(C)c(OC(F)(F)F)c(I)n1. The number of hydrogen-bond donors (Lipinski definition) is 0. The van der Waals surface area contributed by atoms with Crippen LogP contribution in [0.2, 0.25) is 0 Å². The van der Waals surface area contributed by atoms with E-state index < -0.39 is 18.1 Å². The zero-order valence-electron chi connectivity index (χ0n) is 8.76. The Balaban J connectivity index is 3.15. The molecule has 0 spiro atoms. The average Bonchev–Trinajstić information content (AvgIpc) is 2.20. The van der Waals surface area contributed by atoms with E-state index >= 15 is 0 Å². The van der Waals surface area contributed by atoms with Crippen LogP contribution >= 0.6 is 22.6 Å². The van der Waals surface area contributed by atoms with Gasteiger partial charge in [-0.25, -0.2) is 9.78 Å². The Hall–Kier alpha value is -1.06. The van der Waals surface area contributed by atoms with Crippen molar-refractivity contribution >= 4 is 28.6 Å². The van der Waals surface area contributed by atoms with Crippen LogP contribution in [0.25, 0.3) is 0 Å². The number of rotatable bonds is 2. The molecule has 1 heterocycles. The highest BCUT2D eigenvalue weighted by Crippen LogP contribution is 2.30. The molecule has 0 radical (unpaired) electrons. The highest BCUT2D eigenvalue weighted by molar-refractivity contribution is 14.1. The molecule has 0 amide bonds. The molecule has 8 heteroatoms. The van der Waals surface area contributed by atoms with Gasteiger partial charge in [0.2, 0.25) is 0 Å². The van der Waals surface area contributed by atoms with Crippen LogP contribution in [0.4, 0.5) is 13.2 Å². The molecule has 0 aliphatic rings. The number of nitrogens with zero attached hydrogens (tertiary/aromatic N) is 1. The lowest BCUT2D eigenvalue weighted by molar-refractivity contribution is -0.275. The van der Waals surface area contributed by atoms with E-state index in [4.69, 9.17) is 0 Å². The number of hydrogen-bond acceptors (Lipinski definition) is 4. The number of methoxy groups -OCH3 is 1. The summed E-state index contributed by atoms with van der Waals surface area (Å²) in [5.41, 5.74) is 0.0889. The third kappa shape index (κ3) is 3.72. The highest BCUT2D eigenvalue weighted by Gasteiger charge is 2.33. The van der Waals surface area contributed by atoms with Gasteiger partial charge in [0, 0.05) is 0 Å². The standard InChI is InChI=1S/C9H7F3INO3/c1-4-3-5(8(15)16-2)14-7(13)6(4)17-9(10,11)12/h3H,1-2H3. The quantitative estimate of drug-likeness (QED) is 0.462. The van der Waals surface area contributed by atoms with Crippen LogP contribution in [0.15, 0.2) is 6.07 Å². The summed E-state index contributed by atoms with van der Waals surface area (Å²) in [4.78, 5) is 14.8. The predicted octanol–water partition coefficient (Wildman–Crippen LogP) is 2.68. The second kappa shape index (κ2) is 5.07. The maximum Gasteiger partial charge on any atom is 0.573 e. The number of aryl methyl sites for hydroxylation is 1. The lowest BCUT2D eigenvalue weighted by Gasteiger charge is -2.13. The summed E-state index contributed by atoms with van der Waals surface area (Å²) in [6.07, 6.45) is -4.79. The maximum atomic E-state index is 12.1. The van der Waals surface area contributed by atoms with Crippen LogP contribution in [-0.4, -0.2) is 24.4 Å². The molecule has 1 rings (SSSR count). The molecule has 0 aliphatic carbocycles. The van der Waals surface area contributed by atoms with Crippen molar-refractivity contribution < 1.29 is 27.4 Å². The van der Waals surface area contributed by atoms with Gasteiger partial charge in [-0.2, -0.15) is 0 Å². The average molecular weight is 361 g/mol. The molecule has 4 nitrogen and oxygen atoms in total. The topological polar surface area (TPSA) is 48.4 Å². The Morgan fingerprint density at radius 1 is 1.47 bits per heavy atom. The van der Waals surface area contributed by atoms with E-state index in [-0.39, 0.29) is 15.0 Å². The van der Waals surface area contributed by atoms with Gasteiger partial charge >= 0.3 is 12.3 Å². The molecule has 0 saturated heterocycles. The van der Waals surface area contributed by atoms with Gasteiger partial charge in [-0.3, -0.25) is 0 Å². The summed E-state index contributed by atoms with van der Waals surface area (Å²) in [7, 11) is 1.16. The number of ether oxygens (including phenoxy) is 2. The maximum absolute atomic E-state index is 12.1. The van der Waals surface area contributed by atoms with Crippen molar-refractivity contribution in [3.63, 3.8) is 0 Å². The van der Waals surface area contributed by atoms with Crippen LogP contribution < -0.4 is 4.74 Å². The largest absolute Gasteiger partial charge is 0.573 e. The van der Waals surface area contributed by atoms with Crippen molar-refractivity contribution in [2.24, 2.45) is 0 Å². The summed E-state index contributed by atoms with van der Waals surface area (Å²) >= 11 is 1.56. The van der Waals surface area contributed by atoms with Gasteiger partial charge in [-0.15, -0.1) is 13.2 Å². The second-order valence-corrected chi connectivity index (χ2v) is 4.01. The van der Waals surface area contributed by atoms with Crippen molar-refractivity contribution in [1.29, 1.82) is 0 Å². The van der Waals surface area contributed by atoms with E-state index in [1.54, 1.807) is 22.6 Å². The molecule has 0 aliphatic heterocycles. The fourth-order valence-electron chi connectivity index (χ4n) is 1.07. The highest BCUT2D eigenvalue weighted by atomic mass is 127. The lowest BCUT2D eigenvalue weighted by atomic mass is 10.2. The summed E-state index contributed by atoms with van der Waals surface area (Å²) in [5, 5.41) is 0. The van der Waals surface area contributed by atoms with Crippen molar-refractivity contribution in [3.8, 4) is 5.75 Å². The first-order valence-corrected chi connectivity index (χ1v) is 5.33. The molecule has 1 aromatic rings. The summed E-state index contributed by atoms with van der Waals surface area (Å²) in [6.45, 7) is 1.39. The van der Waals surface area contributed by atoms with Crippen LogP contribution in [0, 0.1) is 10.6 Å². The summed E-state index contributed by atoms with van der Waals surface area (Å²) in [6, 6.07) is 1.18. The Bertz CT molecular complexity index is 425. The van der Waals surface area contributed by atoms with E-state index in [1.807, 2.05) is 0 Å². The minimum Gasteiger partial charge on any atom is -0.464 e. The molecule has 0 atom stereocenters. The van der Waals surface area contributed by atoms with Gasteiger partial charge in [0.1, 0.15) is 9.39 Å².